The Morgan fingerprint density at radius 3 is 2.91 bits per heavy atom. The van der Waals surface area contributed by atoms with E-state index in [0.717, 1.165) is 0 Å². The largest absolute Gasteiger partial charge is 0.319 e. The van der Waals surface area contributed by atoms with Gasteiger partial charge in [0.15, 0.2) is 11.3 Å². The zero-order valence-electron chi connectivity index (χ0n) is 11.2. The van der Waals surface area contributed by atoms with Gasteiger partial charge < -0.3 is 5.32 Å². The van der Waals surface area contributed by atoms with Crippen molar-refractivity contribution < 1.29 is 9.72 Å². The van der Waals surface area contributed by atoms with E-state index in [0.29, 0.717) is 10.1 Å². The lowest BCUT2D eigenvalue weighted by molar-refractivity contribution is -0.384. The third-order valence-electron chi connectivity index (χ3n) is 2.92. The minimum absolute atomic E-state index is 0.109. The zero-order valence-corrected chi connectivity index (χ0v) is 13.6. The fourth-order valence-corrected chi connectivity index (χ4v) is 2.33. The second-order valence-corrected chi connectivity index (χ2v) is 5.80. The summed E-state index contributed by atoms with van der Waals surface area (Å²) in [5.41, 5.74) is 0.559. The highest BCUT2D eigenvalue weighted by Gasteiger charge is 2.16. The summed E-state index contributed by atoms with van der Waals surface area (Å²) in [6, 6.07) is 5.28. The Kier molecular flexibility index (Phi) is 3.97. The van der Waals surface area contributed by atoms with Gasteiger partial charge in [0.05, 0.1) is 20.1 Å². The van der Waals surface area contributed by atoms with Gasteiger partial charge in [-0.05, 0) is 22.0 Å². The van der Waals surface area contributed by atoms with Crippen molar-refractivity contribution in [3.05, 3.63) is 62.0 Å². The summed E-state index contributed by atoms with van der Waals surface area (Å²) >= 11 is 9.21. The number of non-ortho nitro benzene ring substituents is 1. The molecule has 116 valence electrons. The molecule has 0 unspecified atom stereocenters. The molecule has 2 aromatic heterocycles. The summed E-state index contributed by atoms with van der Waals surface area (Å²) in [5.74, 6) is -0.547. The second-order valence-electron chi connectivity index (χ2n) is 4.48. The number of nitrogens with zero attached hydrogens (tertiary/aromatic N) is 4. The molecular weight excluding hydrogens is 390 g/mol. The molecule has 10 heteroatoms. The quantitative estimate of drug-likeness (QED) is 0.540. The van der Waals surface area contributed by atoms with Crippen LogP contribution in [0.15, 0.2) is 41.1 Å². The second kappa shape index (κ2) is 5.94. The number of carbonyl (C=O) groups is 1. The molecule has 1 aromatic carbocycles. The molecule has 3 aromatic rings. The number of nitrogens with one attached hydrogen (secondary N) is 1. The number of hydrogen-bond donors (Lipinski definition) is 1. The van der Waals surface area contributed by atoms with Gasteiger partial charge >= 0.3 is 0 Å². The molecule has 2 heterocycles. The fourth-order valence-electron chi connectivity index (χ4n) is 1.87. The highest BCUT2D eigenvalue weighted by Crippen LogP contribution is 2.27. The highest BCUT2D eigenvalue weighted by molar-refractivity contribution is 9.10. The Morgan fingerprint density at radius 2 is 2.17 bits per heavy atom. The van der Waals surface area contributed by atoms with Crippen molar-refractivity contribution in [2.45, 2.75) is 0 Å². The number of nitro benzene ring substituents is 1. The smallest absolute Gasteiger partial charge is 0.276 e. The normalized spacial score (nSPS) is 10.7. The first kappa shape index (κ1) is 15.4. The van der Waals surface area contributed by atoms with Crippen molar-refractivity contribution in [1.29, 1.82) is 0 Å². The minimum atomic E-state index is -0.571. The van der Waals surface area contributed by atoms with Crippen molar-refractivity contribution in [3.63, 3.8) is 0 Å². The summed E-state index contributed by atoms with van der Waals surface area (Å²) in [6.07, 6.45) is 3.23. The monoisotopic (exact) mass is 395 g/mol. The molecule has 0 spiro atoms. The van der Waals surface area contributed by atoms with E-state index in [1.165, 1.54) is 28.8 Å². The molecule has 0 aliphatic carbocycles. The van der Waals surface area contributed by atoms with Crippen LogP contribution in [-0.4, -0.2) is 25.4 Å². The Bertz CT molecular complexity index is 943. The zero-order chi connectivity index (χ0) is 16.6. The Balaban J connectivity index is 1.91. The molecule has 0 bridgehead atoms. The van der Waals surface area contributed by atoms with Crippen LogP contribution in [0.2, 0.25) is 5.02 Å². The first-order chi connectivity index (χ1) is 10.9. The molecule has 8 nitrogen and oxygen atoms in total. The van der Waals surface area contributed by atoms with Gasteiger partial charge in [0, 0.05) is 30.6 Å². The van der Waals surface area contributed by atoms with E-state index in [1.807, 2.05) is 0 Å². The van der Waals surface area contributed by atoms with Crippen LogP contribution in [0.25, 0.3) is 5.65 Å². The third kappa shape index (κ3) is 3.15. The maximum atomic E-state index is 12.2. The molecule has 0 saturated carbocycles. The van der Waals surface area contributed by atoms with Crippen LogP contribution < -0.4 is 5.32 Å². The van der Waals surface area contributed by atoms with Crippen LogP contribution in [-0.2, 0) is 0 Å². The van der Waals surface area contributed by atoms with Crippen molar-refractivity contribution >= 4 is 50.5 Å². The van der Waals surface area contributed by atoms with Crippen molar-refractivity contribution in [2.24, 2.45) is 0 Å². The van der Waals surface area contributed by atoms with Crippen LogP contribution in [0.3, 0.4) is 0 Å². The molecule has 0 fully saturated rings. The predicted octanol–water partition coefficient (Wildman–Crippen LogP) is 3.31. The number of hydrogen-bond acceptors (Lipinski definition) is 5. The lowest BCUT2D eigenvalue weighted by Crippen LogP contribution is -2.13. The maximum Gasteiger partial charge on any atom is 0.276 e. The van der Waals surface area contributed by atoms with Crippen LogP contribution in [0.1, 0.15) is 10.5 Å². The van der Waals surface area contributed by atoms with Crippen LogP contribution in [0.4, 0.5) is 11.4 Å². The van der Waals surface area contributed by atoms with Crippen LogP contribution in [0.5, 0.6) is 0 Å². The lowest BCUT2D eigenvalue weighted by Gasteiger charge is -2.05. The summed E-state index contributed by atoms with van der Waals surface area (Å²) in [5, 5.41) is 17.6. The molecule has 1 amide bonds. The minimum Gasteiger partial charge on any atom is -0.319 e. The fraction of sp³-hybridized carbons (Fsp3) is 0. The molecular formula is C13H7BrClN5O3. The summed E-state index contributed by atoms with van der Waals surface area (Å²) in [7, 11) is 0. The van der Waals surface area contributed by atoms with E-state index in [4.69, 9.17) is 11.6 Å². The van der Waals surface area contributed by atoms with E-state index in [9.17, 15) is 14.9 Å². The number of carbonyl (C=O) groups excluding carboxylic acids is 1. The number of nitro groups is 1. The molecule has 0 saturated heterocycles. The third-order valence-corrected chi connectivity index (χ3v) is 3.66. The van der Waals surface area contributed by atoms with Crippen molar-refractivity contribution in [3.8, 4) is 0 Å². The van der Waals surface area contributed by atoms with E-state index < -0.39 is 10.8 Å². The molecule has 23 heavy (non-hydrogen) atoms. The van der Waals surface area contributed by atoms with Gasteiger partial charge in [-0.2, -0.15) is 5.10 Å². The average molecular weight is 397 g/mol. The van der Waals surface area contributed by atoms with E-state index in [1.54, 1.807) is 12.4 Å². The number of rotatable bonds is 3. The summed E-state index contributed by atoms with van der Waals surface area (Å²) in [4.78, 5) is 26.6. The topological polar surface area (TPSA) is 102 Å². The van der Waals surface area contributed by atoms with Gasteiger partial charge in [0.1, 0.15) is 0 Å². The average Bonchev–Trinajstić information content (AvgIpc) is 2.92. The maximum absolute atomic E-state index is 12.2. The number of amides is 1. The Labute approximate surface area is 142 Å². The number of fused-ring (bicyclic) bond motifs is 1. The highest BCUT2D eigenvalue weighted by atomic mass is 79.9. The van der Waals surface area contributed by atoms with Gasteiger partial charge in [-0.25, -0.2) is 9.50 Å². The number of aromatic nitrogens is 3. The Hall–Kier alpha value is -2.52. The summed E-state index contributed by atoms with van der Waals surface area (Å²) < 4.78 is 2.15. The van der Waals surface area contributed by atoms with Crippen molar-refractivity contribution in [1.82, 2.24) is 14.6 Å². The predicted molar refractivity (Wildman–Crippen MR) is 86.7 cm³/mol. The SMILES string of the molecule is O=C(Nc1cc([N+](=O)[O-])ccc1Cl)c1cc2ncc(Br)cn2n1. The molecule has 1 N–H and O–H groups in total. The van der Waals surface area contributed by atoms with Gasteiger partial charge in [0.25, 0.3) is 11.6 Å². The summed E-state index contributed by atoms with van der Waals surface area (Å²) in [6.45, 7) is 0. The van der Waals surface area contributed by atoms with Gasteiger partial charge in [-0.3, -0.25) is 14.9 Å². The van der Waals surface area contributed by atoms with Crippen LogP contribution in [0, 0.1) is 10.1 Å². The molecule has 0 aliphatic rings. The number of halogens is 2. The number of anilines is 1. The standard InChI is InChI=1S/C13H7BrClN5O3/c14-7-5-16-12-4-11(18-19(12)6-7)13(21)17-10-3-8(20(22)23)1-2-9(10)15/h1-6H,(H,17,21). The van der Waals surface area contributed by atoms with Gasteiger partial charge in [-0.15, -0.1) is 0 Å². The lowest BCUT2D eigenvalue weighted by atomic mass is 10.2. The molecule has 0 atom stereocenters. The molecule has 0 radical (unpaired) electrons. The first-order valence-corrected chi connectivity index (χ1v) is 7.37. The Morgan fingerprint density at radius 1 is 1.39 bits per heavy atom. The van der Waals surface area contributed by atoms with Gasteiger partial charge in [0.2, 0.25) is 0 Å². The number of benzene rings is 1. The molecule has 0 aliphatic heterocycles. The molecule has 3 rings (SSSR count). The van der Waals surface area contributed by atoms with E-state index >= 15 is 0 Å². The van der Waals surface area contributed by atoms with Crippen molar-refractivity contribution in [2.75, 3.05) is 5.32 Å². The van der Waals surface area contributed by atoms with E-state index in [-0.39, 0.29) is 22.1 Å². The van der Waals surface area contributed by atoms with E-state index in [2.05, 4.69) is 31.3 Å². The first-order valence-electron chi connectivity index (χ1n) is 6.20. The van der Waals surface area contributed by atoms with Gasteiger partial charge in [-0.1, -0.05) is 11.6 Å². The van der Waals surface area contributed by atoms with Crippen LogP contribution >= 0.6 is 27.5 Å².